The summed E-state index contributed by atoms with van der Waals surface area (Å²) < 4.78 is 19.3. The molecule has 0 unspecified atom stereocenters. The fourth-order valence-corrected chi connectivity index (χ4v) is 4.25. The summed E-state index contributed by atoms with van der Waals surface area (Å²) in [5.41, 5.74) is 1.35. The summed E-state index contributed by atoms with van der Waals surface area (Å²) in [6.45, 7) is 6.80. The number of piperazine rings is 1. The highest BCUT2D eigenvalue weighted by Gasteiger charge is 2.31. The van der Waals surface area contributed by atoms with Crippen LogP contribution in [0.15, 0.2) is 41.0 Å². The van der Waals surface area contributed by atoms with Crippen molar-refractivity contribution < 1.29 is 13.6 Å². The van der Waals surface area contributed by atoms with Crippen LogP contribution in [0.25, 0.3) is 0 Å². The SMILES string of the molecule is Cc1occc1C(=O)N1CCC[C@H](N2CCN(c3ccccc3F)CC2)C1. The monoisotopic (exact) mass is 371 g/mol. The fourth-order valence-electron chi connectivity index (χ4n) is 4.25. The highest BCUT2D eigenvalue weighted by Crippen LogP contribution is 2.24. The van der Waals surface area contributed by atoms with Gasteiger partial charge >= 0.3 is 0 Å². The molecule has 5 nitrogen and oxygen atoms in total. The lowest BCUT2D eigenvalue weighted by Crippen LogP contribution is -2.56. The number of piperidine rings is 1. The van der Waals surface area contributed by atoms with Crippen molar-refractivity contribution in [2.75, 3.05) is 44.2 Å². The summed E-state index contributed by atoms with van der Waals surface area (Å²) in [6, 6.07) is 9.10. The number of hydrogen-bond donors (Lipinski definition) is 0. The number of para-hydroxylation sites is 1. The van der Waals surface area contributed by atoms with Gasteiger partial charge in [0.1, 0.15) is 11.6 Å². The molecule has 2 saturated heterocycles. The maximum absolute atomic E-state index is 14.0. The predicted molar refractivity (Wildman–Crippen MR) is 103 cm³/mol. The van der Waals surface area contributed by atoms with Crippen molar-refractivity contribution in [2.24, 2.45) is 0 Å². The van der Waals surface area contributed by atoms with E-state index in [0.29, 0.717) is 23.1 Å². The molecule has 27 heavy (non-hydrogen) atoms. The Hall–Kier alpha value is -2.34. The van der Waals surface area contributed by atoms with Crippen LogP contribution in [0.3, 0.4) is 0 Å². The second-order valence-electron chi connectivity index (χ2n) is 7.41. The molecular weight excluding hydrogens is 345 g/mol. The molecule has 0 radical (unpaired) electrons. The van der Waals surface area contributed by atoms with Gasteiger partial charge in [-0.1, -0.05) is 12.1 Å². The zero-order valence-corrected chi connectivity index (χ0v) is 15.7. The number of furan rings is 1. The van der Waals surface area contributed by atoms with Crippen LogP contribution in [-0.4, -0.2) is 61.0 Å². The molecule has 0 saturated carbocycles. The van der Waals surface area contributed by atoms with E-state index in [0.717, 1.165) is 52.1 Å². The standard InChI is InChI=1S/C21H26FN3O2/c1-16-18(8-14-27-16)21(26)25-9-4-5-17(15-25)23-10-12-24(13-11-23)20-7-3-2-6-19(20)22/h2-3,6-8,14,17H,4-5,9-13,15H2,1H3/t17-/m0/s1. The predicted octanol–water partition coefficient (Wildman–Crippen LogP) is 3.15. The van der Waals surface area contributed by atoms with E-state index in [9.17, 15) is 9.18 Å². The first kappa shape index (κ1) is 18.0. The maximum Gasteiger partial charge on any atom is 0.257 e. The van der Waals surface area contributed by atoms with Crippen molar-refractivity contribution in [3.63, 3.8) is 0 Å². The summed E-state index contributed by atoms with van der Waals surface area (Å²) in [6.07, 6.45) is 3.70. The topological polar surface area (TPSA) is 39.9 Å². The van der Waals surface area contributed by atoms with Crippen molar-refractivity contribution in [1.82, 2.24) is 9.80 Å². The van der Waals surface area contributed by atoms with E-state index in [2.05, 4.69) is 9.80 Å². The van der Waals surface area contributed by atoms with Crippen molar-refractivity contribution in [3.8, 4) is 0 Å². The zero-order valence-electron chi connectivity index (χ0n) is 15.7. The minimum Gasteiger partial charge on any atom is -0.469 e. The van der Waals surface area contributed by atoms with Crippen molar-refractivity contribution >= 4 is 11.6 Å². The van der Waals surface area contributed by atoms with Crippen molar-refractivity contribution in [3.05, 3.63) is 53.7 Å². The van der Waals surface area contributed by atoms with Gasteiger partial charge in [0.2, 0.25) is 0 Å². The Labute approximate surface area is 159 Å². The molecule has 2 aliphatic heterocycles. The molecule has 1 atom stereocenters. The molecule has 1 aromatic carbocycles. The highest BCUT2D eigenvalue weighted by molar-refractivity contribution is 5.95. The van der Waals surface area contributed by atoms with E-state index in [1.807, 2.05) is 24.0 Å². The maximum atomic E-state index is 14.0. The van der Waals surface area contributed by atoms with E-state index in [1.165, 1.54) is 6.07 Å². The summed E-state index contributed by atoms with van der Waals surface area (Å²) in [5.74, 6) is 0.590. The second kappa shape index (κ2) is 7.72. The quantitative estimate of drug-likeness (QED) is 0.831. The third kappa shape index (κ3) is 3.72. The number of hydrogen-bond acceptors (Lipinski definition) is 4. The van der Waals surface area contributed by atoms with E-state index in [1.54, 1.807) is 18.4 Å². The van der Waals surface area contributed by atoms with Crippen LogP contribution in [0.5, 0.6) is 0 Å². The minimum atomic E-state index is -0.157. The molecule has 144 valence electrons. The number of rotatable bonds is 3. The van der Waals surface area contributed by atoms with Crippen LogP contribution in [0.1, 0.15) is 29.0 Å². The molecule has 0 bridgehead atoms. The number of anilines is 1. The van der Waals surface area contributed by atoms with Gasteiger partial charge in [0.05, 0.1) is 17.5 Å². The average Bonchev–Trinajstić information content (AvgIpc) is 3.14. The molecule has 2 aliphatic rings. The van der Waals surface area contributed by atoms with Gasteiger partial charge in [0.25, 0.3) is 5.91 Å². The lowest BCUT2D eigenvalue weighted by atomic mass is 10.0. The number of amides is 1. The Morgan fingerprint density at radius 1 is 1.11 bits per heavy atom. The number of carbonyl (C=O) groups is 1. The zero-order chi connectivity index (χ0) is 18.8. The normalized spacial score (nSPS) is 21.5. The van der Waals surface area contributed by atoms with Gasteiger partial charge in [-0.05, 0) is 38.0 Å². The van der Waals surface area contributed by atoms with Gasteiger partial charge in [-0.2, -0.15) is 0 Å². The molecule has 3 heterocycles. The van der Waals surface area contributed by atoms with Gasteiger partial charge in [0, 0.05) is 45.3 Å². The number of carbonyl (C=O) groups excluding carboxylic acids is 1. The summed E-state index contributed by atoms with van der Waals surface area (Å²) in [7, 11) is 0. The average molecular weight is 371 g/mol. The van der Waals surface area contributed by atoms with Crippen LogP contribution in [0, 0.1) is 12.7 Å². The first-order valence-electron chi connectivity index (χ1n) is 9.70. The fraction of sp³-hybridized carbons (Fsp3) is 0.476. The largest absolute Gasteiger partial charge is 0.469 e. The van der Waals surface area contributed by atoms with Crippen molar-refractivity contribution in [1.29, 1.82) is 0 Å². The Morgan fingerprint density at radius 2 is 1.89 bits per heavy atom. The summed E-state index contributed by atoms with van der Waals surface area (Å²) in [5, 5.41) is 0. The van der Waals surface area contributed by atoms with Crippen LogP contribution < -0.4 is 4.90 Å². The van der Waals surface area contributed by atoms with Crippen LogP contribution >= 0.6 is 0 Å². The minimum absolute atomic E-state index is 0.0657. The van der Waals surface area contributed by atoms with E-state index >= 15 is 0 Å². The number of halogens is 1. The molecule has 2 aromatic rings. The van der Waals surface area contributed by atoms with Crippen molar-refractivity contribution in [2.45, 2.75) is 25.8 Å². The molecule has 0 spiro atoms. The van der Waals surface area contributed by atoms with Gasteiger partial charge in [-0.3, -0.25) is 9.69 Å². The molecule has 0 N–H and O–H groups in total. The first-order chi connectivity index (χ1) is 13.1. The third-order valence-electron chi connectivity index (χ3n) is 5.80. The van der Waals surface area contributed by atoms with E-state index in [-0.39, 0.29) is 11.7 Å². The lowest BCUT2D eigenvalue weighted by molar-refractivity contribution is 0.0561. The summed E-state index contributed by atoms with van der Waals surface area (Å²) >= 11 is 0. The van der Waals surface area contributed by atoms with E-state index < -0.39 is 0 Å². The number of benzene rings is 1. The summed E-state index contributed by atoms with van der Waals surface area (Å²) in [4.78, 5) is 19.3. The third-order valence-corrected chi connectivity index (χ3v) is 5.80. The van der Waals surface area contributed by atoms with E-state index in [4.69, 9.17) is 4.42 Å². The second-order valence-corrected chi connectivity index (χ2v) is 7.41. The molecular formula is C21H26FN3O2. The lowest BCUT2D eigenvalue weighted by Gasteiger charge is -2.44. The molecule has 2 fully saturated rings. The molecule has 4 rings (SSSR count). The number of likely N-dealkylation sites (tertiary alicyclic amines) is 1. The Morgan fingerprint density at radius 3 is 2.59 bits per heavy atom. The van der Waals surface area contributed by atoms with Gasteiger partial charge in [-0.15, -0.1) is 0 Å². The molecule has 1 aromatic heterocycles. The van der Waals surface area contributed by atoms with Gasteiger partial charge < -0.3 is 14.2 Å². The first-order valence-corrected chi connectivity index (χ1v) is 9.70. The Balaban J connectivity index is 1.36. The molecule has 1 amide bonds. The number of aryl methyl sites for hydroxylation is 1. The van der Waals surface area contributed by atoms with Crippen LogP contribution in [0.4, 0.5) is 10.1 Å². The molecule has 6 heteroatoms. The van der Waals surface area contributed by atoms with Gasteiger partial charge in [-0.25, -0.2) is 4.39 Å². The smallest absolute Gasteiger partial charge is 0.257 e. The highest BCUT2D eigenvalue weighted by atomic mass is 19.1. The Bertz CT molecular complexity index is 798. The van der Waals surface area contributed by atoms with Crippen LogP contribution in [0.2, 0.25) is 0 Å². The molecule has 0 aliphatic carbocycles. The van der Waals surface area contributed by atoms with Gasteiger partial charge in [0.15, 0.2) is 0 Å². The van der Waals surface area contributed by atoms with Crippen LogP contribution in [-0.2, 0) is 0 Å². The number of nitrogens with zero attached hydrogens (tertiary/aromatic N) is 3. The Kier molecular flexibility index (Phi) is 5.16.